The average Bonchev–Trinajstić information content (AvgIpc) is 2.60. The molecule has 0 aliphatic carbocycles. The molecule has 0 aliphatic heterocycles. The first-order valence-electron chi connectivity index (χ1n) is 7.06. The molecule has 0 aliphatic rings. The minimum atomic E-state index is 0.618. The zero-order valence-corrected chi connectivity index (χ0v) is 12.9. The van der Waals surface area contributed by atoms with Crippen LogP contribution in [0.15, 0.2) is 48.5 Å². The molecule has 4 heteroatoms. The molecule has 1 N–H and O–H groups in total. The number of hydrogen-bond acceptors (Lipinski definition) is 4. The maximum absolute atomic E-state index is 5.44. The van der Waals surface area contributed by atoms with Gasteiger partial charge < -0.3 is 14.8 Å². The van der Waals surface area contributed by atoms with Gasteiger partial charge in [-0.15, -0.1) is 0 Å². The second-order valence-corrected chi connectivity index (χ2v) is 4.93. The molecule has 3 aromatic rings. The van der Waals surface area contributed by atoms with Crippen molar-refractivity contribution in [2.75, 3.05) is 26.6 Å². The fraction of sp³-hybridized carbons (Fsp3) is 0.167. The molecule has 0 fully saturated rings. The van der Waals surface area contributed by atoms with Crippen molar-refractivity contribution in [2.24, 2.45) is 0 Å². The van der Waals surface area contributed by atoms with E-state index in [1.807, 2.05) is 49.5 Å². The predicted molar refractivity (Wildman–Crippen MR) is 89.8 cm³/mol. The lowest BCUT2D eigenvalue weighted by atomic mass is 10.1. The topological polar surface area (TPSA) is 43.4 Å². The van der Waals surface area contributed by atoms with Crippen LogP contribution in [0.25, 0.3) is 22.0 Å². The largest absolute Gasteiger partial charge is 0.497 e. The summed E-state index contributed by atoms with van der Waals surface area (Å²) in [4.78, 5) is 4.62. The summed E-state index contributed by atoms with van der Waals surface area (Å²) < 4.78 is 10.7. The number of anilines is 1. The summed E-state index contributed by atoms with van der Waals surface area (Å²) in [6.07, 6.45) is 0. The van der Waals surface area contributed by atoms with Gasteiger partial charge in [0.05, 0.1) is 19.9 Å². The van der Waals surface area contributed by atoms with E-state index in [0.29, 0.717) is 5.88 Å². The minimum Gasteiger partial charge on any atom is -0.497 e. The Bertz CT molecular complexity index is 798. The first kappa shape index (κ1) is 14.2. The van der Waals surface area contributed by atoms with E-state index in [2.05, 4.69) is 16.4 Å². The number of methoxy groups -OCH3 is 2. The lowest BCUT2D eigenvalue weighted by Gasteiger charge is -2.10. The van der Waals surface area contributed by atoms with Crippen LogP contribution in [-0.4, -0.2) is 26.3 Å². The summed E-state index contributed by atoms with van der Waals surface area (Å²) in [6, 6.07) is 16.1. The molecule has 4 nitrogen and oxygen atoms in total. The highest BCUT2D eigenvalue weighted by atomic mass is 16.5. The van der Waals surface area contributed by atoms with Crippen molar-refractivity contribution in [1.82, 2.24) is 4.98 Å². The number of aromatic nitrogens is 1. The van der Waals surface area contributed by atoms with Crippen LogP contribution >= 0.6 is 0 Å². The minimum absolute atomic E-state index is 0.618. The van der Waals surface area contributed by atoms with E-state index in [1.54, 1.807) is 14.2 Å². The van der Waals surface area contributed by atoms with Gasteiger partial charge in [-0.1, -0.05) is 12.1 Å². The van der Waals surface area contributed by atoms with Crippen LogP contribution in [0.1, 0.15) is 0 Å². The number of hydrogen-bond donors (Lipinski definition) is 1. The monoisotopic (exact) mass is 294 g/mol. The molecule has 0 saturated carbocycles. The Balaban J connectivity index is 2.16. The summed E-state index contributed by atoms with van der Waals surface area (Å²) in [5.74, 6) is 1.44. The van der Waals surface area contributed by atoms with Crippen LogP contribution in [-0.2, 0) is 0 Å². The highest BCUT2D eigenvalue weighted by Crippen LogP contribution is 2.31. The standard InChI is InChI=1S/C18H18N2O2/c1-19-14-6-4-12(5-7-14)17-11-13-10-15(21-2)8-9-16(13)18(20-17)22-3/h4-11,19H,1-3H3. The Morgan fingerprint density at radius 2 is 1.68 bits per heavy atom. The Hall–Kier alpha value is -2.75. The van der Waals surface area contributed by atoms with Crippen molar-refractivity contribution < 1.29 is 9.47 Å². The zero-order valence-electron chi connectivity index (χ0n) is 12.9. The smallest absolute Gasteiger partial charge is 0.221 e. The zero-order chi connectivity index (χ0) is 15.5. The Morgan fingerprint density at radius 1 is 0.909 bits per heavy atom. The van der Waals surface area contributed by atoms with E-state index >= 15 is 0 Å². The lowest BCUT2D eigenvalue weighted by molar-refractivity contribution is 0.403. The molecule has 112 valence electrons. The predicted octanol–water partition coefficient (Wildman–Crippen LogP) is 3.96. The second-order valence-electron chi connectivity index (χ2n) is 4.93. The van der Waals surface area contributed by atoms with Gasteiger partial charge in [0.2, 0.25) is 5.88 Å². The van der Waals surface area contributed by atoms with Gasteiger partial charge in [0, 0.05) is 23.7 Å². The van der Waals surface area contributed by atoms with Crippen molar-refractivity contribution in [3.05, 3.63) is 48.5 Å². The summed E-state index contributed by atoms with van der Waals surface area (Å²) in [7, 11) is 5.20. The van der Waals surface area contributed by atoms with E-state index < -0.39 is 0 Å². The number of fused-ring (bicyclic) bond motifs is 1. The van der Waals surface area contributed by atoms with Crippen molar-refractivity contribution in [1.29, 1.82) is 0 Å². The Morgan fingerprint density at radius 3 is 2.32 bits per heavy atom. The van der Waals surface area contributed by atoms with Gasteiger partial charge in [-0.3, -0.25) is 0 Å². The third kappa shape index (κ3) is 2.55. The van der Waals surface area contributed by atoms with E-state index in [9.17, 15) is 0 Å². The van der Waals surface area contributed by atoms with Crippen molar-refractivity contribution in [3.63, 3.8) is 0 Å². The molecule has 2 aromatic carbocycles. The number of pyridine rings is 1. The summed E-state index contributed by atoms with van der Waals surface area (Å²) in [5, 5.41) is 5.12. The SMILES string of the molecule is CNc1ccc(-c2cc3cc(OC)ccc3c(OC)n2)cc1. The lowest BCUT2D eigenvalue weighted by Crippen LogP contribution is -1.93. The van der Waals surface area contributed by atoms with Crippen molar-refractivity contribution in [3.8, 4) is 22.9 Å². The molecule has 0 bridgehead atoms. The summed E-state index contributed by atoms with van der Waals surface area (Å²) in [5.41, 5.74) is 2.99. The molecule has 0 amide bonds. The normalized spacial score (nSPS) is 10.5. The first-order valence-corrected chi connectivity index (χ1v) is 7.06. The number of nitrogens with zero attached hydrogens (tertiary/aromatic N) is 1. The molecule has 0 atom stereocenters. The van der Waals surface area contributed by atoms with Gasteiger partial charge in [0.1, 0.15) is 5.75 Å². The molecule has 1 heterocycles. The van der Waals surface area contributed by atoms with Gasteiger partial charge >= 0.3 is 0 Å². The third-order valence-electron chi connectivity index (χ3n) is 3.67. The van der Waals surface area contributed by atoms with E-state index in [0.717, 1.165) is 33.5 Å². The van der Waals surface area contributed by atoms with Crippen molar-refractivity contribution in [2.45, 2.75) is 0 Å². The number of ether oxygens (including phenoxy) is 2. The molecule has 0 unspecified atom stereocenters. The van der Waals surface area contributed by atoms with Gasteiger partial charge in [0.25, 0.3) is 0 Å². The van der Waals surface area contributed by atoms with Crippen LogP contribution in [0, 0.1) is 0 Å². The number of nitrogens with one attached hydrogen (secondary N) is 1. The van der Waals surface area contributed by atoms with E-state index in [1.165, 1.54) is 0 Å². The molecular formula is C18H18N2O2. The maximum atomic E-state index is 5.44. The summed E-state index contributed by atoms with van der Waals surface area (Å²) >= 11 is 0. The summed E-state index contributed by atoms with van der Waals surface area (Å²) in [6.45, 7) is 0. The van der Waals surface area contributed by atoms with Gasteiger partial charge in [-0.2, -0.15) is 0 Å². The first-order chi connectivity index (χ1) is 10.7. The Kier molecular flexibility index (Phi) is 3.83. The third-order valence-corrected chi connectivity index (χ3v) is 3.67. The molecular weight excluding hydrogens is 276 g/mol. The van der Waals surface area contributed by atoms with E-state index in [-0.39, 0.29) is 0 Å². The molecule has 22 heavy (non-hydrogen) atoms. The molecule has 1 aromatic heterocycles. The fourth-order valence-electron chi connectivity index (χ4n) is 2.44. The highest BCUT2D eigenvalue weighted by Gasteiger charge is 2.09. The molecule has 0 spiro atoms. The molecule has 0 saturated heterocycles. The number of benzene rings is 2. The maximum Gasteiger partial charge on any atom is 0.221 e. The van der Waals surface area contributed by atoms with Gasteiger partial charge in [0.15, 0.2) is 0 Å². The quantitative estimate of drug-likeness (QED) is 0.791. The van der Waals surface area contributed by atoms with Crippen LogP contribution in [0.5, 0.6) is 11.6 Å². The van der Waals surface area contributed by atoms with Crippen LogP contribution in [0.3, 0.4) is 0 Å². The van der Waals surface area contributed by atoms with Crippen LogP contribution in [0.2, 0.25) is 0 Å². The average molecular weight is 294 g/mol. The number of rotatable bonds is 4. The fourth-order valence-corrected chi connectivity index (χ4v) is 2.44. The Labute approximate surface area is 129 Å². The van der Waals surface area contributed by atoms with E-state index in [4.69, 9.17) is 9.47 Å². The van der Waals surface area contributed by atoms with Gasteiger partial charge in [-0.05, 0) is 41.8 Å². The highest BCUT2D eigenvalue weighted by molar-refractivity contribution is 5.91. The molecule has 0 radical (unpaired) electrons. The van der Waals surface area contributed by atoms with Crippen molar-refractivity contribution >= 4 is 16.5 Å². The van der Waals surface area contributed by atoms with Crippen LogP contribution in [0.4, 0.5) is 5.69 Å². The molecule has 3 rings (SSSR count). The van der Waals surface area contributed by atoms with Gasteiger partial charge in [-0.25, -0.2) is 4.98 Å². The van der Waals surface area contributed by atoms with Crippen LogP contribution < -0.4 is 14.8 Å². The second kappa shape index (κ2) is 5.93.